The van der Waals surface area contributed by atoms with Gasteiger partial charge < -0.3 is 10.1 Å². The summed E-state index contributed by atoms with van der Waals surface area (Å²) in [6, 6.07) is 7.46. The van der Waals surface area contributed by atoms with Crippen LogP contribution in [0.3, 0.4) is 0 Å². The number of amides is 1. The summed E-state index contributed by atoms with van der Waals surface area (Å²) in [5.74, 6) is -0.372. The molecular weight excluding hydrogens is 247 g/mol. The van der Waals surface area contributed by atoms with E-state index < -0.39 is 5.54 Å². The van der Waals surface area contributed by atoms with E-state index in [0.717, 1.165) is 0 Å². The second-order valence-corrected chi connectivity index (χ2v) is 4.76. The van der Waals surface area contributed by atoms with E-state index in [1.165, 1.54) is 24.3 Å². The molecule has 1 atom stereocenters. The first-order valence-electron chi connectivity index (χ1n) is 5.98. The molecule has 5 heteroatoms. The molecule has 0 saturated heterocycles. The molecule has 0 aromatic heterocycles. The number of hydrogen-bond donors (Lipinski definition) is 1. The molecule has 0 spiro atoms. The molecule has 1 aromatic rings. The third-order valence-electron chi connectivity index (χ3n) is 2.97. The minimum atomic E-state index is -0.927. The number of benzene rings is 1. The molecule has 0 aliphatic carbocycles. The zero-order chi connectivity index (χ0) is 14.5. The minimum absolute atomic E-state index is 0.0210. The molecular formula is C14H17FN2O2. The Labute approximate surface area is 112 Å². The third-order valence-corrected chi connectivity index (χ3v) is 2.97. The molecule has 0 bridgehead atoms. The monoisotopic (exact) mass is 264 g/mol. The average Bonchev–Trinajstić information content (AvgIpc) is 2.37. The highest BCUT2D eigenvalue weighted by Crippen LogP contribution is 2.15. The van der Waals surface area contributed by atoms with Crippen LogP contribution in [-0.2, 0) is 4.79 Å². The zero-order valence-corrected chi connectivity index (χ0v) is 11.2. The largest absolute Gasteiger partial charge is 0.484 e. The molecule has 1 rings (SSSR count). The second kappa shape index (κ2) is 6.19. The van der Waals surface area contributed by atoms with Gasteiger partial charge in [-0.15, -0.1) is 0 Å². The maximum atomic E-state index is 12.7. The van der Waals surface area contributed by atoms with E-state index in [9.17, 15) is 9.18 Å². The molecule has 19 heavy (non-hydrogen) atoms. The highest BCUT2D eigenvalue weighted by atomic mass is 19.1. The number of rotatable bonds is 5. The number of nitrogens with zero attached hydrogens (tertiary/aromatic N) is 1. The fourth-order valence-corrected chi connectivity index (χ4v) is 1.31. The van der Waals surface area contributed by atoms with E-state index in [1.807, 2.05) is 13.8 Å². The second-order valence-electron chi connectivity index (χ2n) is 4.76. The van der Waals surface area contributed by atoms with Gasteiger partial charge in [-0.1, -0.05) is 13.8 Å². The van der Waals surface area contributed by atoms with Crippen LogP contribution in [0.25, 0.3) is 0 Å². The summed E-state index contributed by atoms with van der Waals surface area (Å²) in [4.78, 5) is 11.7. The maximum Gasteiger partial charge on any atom is 0.259 e. The van der Waals surface area contributed by atoms with Crippen molar-refractivity contribution in [3.63, 3.8) is 0 Å². The van der Waals surface area contributed by atoms with E-state index in [0.29, 0.717) is 5.75 Å². The highest BCUT2D eigenvalue weighted by Gasteiger charge is 2.29. The Morgan fingerprint density at radius 3 is 2.53 bits per heavy atom. The van der Waals surface area contributed by atoms with Crippen molar-refractivity contribution < 1.29 is 13.9 Å². The predicted molar refractivity (Wildman–Crippen MR) is 68.9 cm³/mol. The predicted octanol–water partition coefficient (Wildman–Crippen LogP) is 2.26. The number of nitriles is 1. The van der Waals surface area contributed by atoms with Crippen molar-refractivity contribution in [2.24, 2.45) is 5.92 Å². The number of carbonyl (C=O) groups is 1. The normalized spacial score (nSPS) is 13.5. The molecule has 0 saturated carbocycles. The van der Waals surface area contributed by atoms with Gasteiger partial charge in [-0.2, -0.15) is 5.26 Å². The number of ether oxygens (including phenoxy) is 1. The van der Waals surface area contributed by atoms with Crippen LogP contribution in [0.2, 0.25) is 0 Å². The Bertz CT molecular complexity index is 479. The number of halogens is 1. The summed E-state index contributed by atoms with van der Waals surface area (Å²) in [6.07, 6.45) is 0. The fraction of sp³-hybridized carbons (Fsp3) is 0.429. The van der Waals surface area contributed by atoms with Crippen molar-refractivity contribution in [3.8, 4) is 11.8 Å². The van der Waals surface area contributed by atoms with Crippen molar-refractivity contribution in [2.75, 3.05) is 6.61 Å². The van der Waals surface area contributed by atoms with E-state index >= 15 is 0 Å². The fourth-order valence-electron chi connectivity index (χ4n) is 1.31. The van der Waals surface area contributed by atoms with Gasteiger partial charge in [0.2, 0.25) is 0 Å². The van der Waals surface area contributed by atoms with Gasteiger partial charge in [0.15, 0.2) is 6.61 Å². The lowest BCUT2D eigenvalue weighted by molar-refractivity contribution is -0.124. The molecule has 1 amide bonds. The summed E-state index contributed by atoms with van der Waals surface area (Å²) < 4.78 is 17.9. The first-order valence-corrected chi connectivity index (χ1v) is 5.98. The van der Waals surface area contributed by atoms with Crippen LogP contribution in [0.4, 0.5) is 4.39 Å². The first kappa shape index (κ1) is 15.0. The Kier molecular flexibility index (Phi) is 4.87. The van der Waals surface area contributed by atoms with Gasteiger partial charge in [0.25, 0.3) is 5.91 Å². The Morgan fingerprint density at radius 1 is 1.47 bits per heavy atom. The topological polar surface area (TPSA) is 62.1 Å². The minimum Gasteiger partial charge on any atom is -0.484 e. The SMILES string of the molecule is CC(C)C(C)(C#N)NC(=O)COc1ccc(F)cc1. The molecule has 0 aliphatic heterocycles. The Morgan fingerprint density at radius 2 is 2.05 bits per heavy atom. The lowest BCUT2D eigenvalue weighted by atomic mass is 9.90. The average molecular weight is 264 g/mol. The molecule has 1 N–H and O–H groups in total. The van der Waals surface area contributed by atoms with Crippen molar-refractivity contribution >= 4 is 5.91 Å². The van der Waals surface area contributed by atoms with Crippen LogP contribution in [-0.4, -0.2) is 18.1 Å². The van der Waals surface area contributed by atoms with Crippen LogP contribution in [0, 0.1) is 23.1 Å². The summed E-state index contributed by atoms with van der Waals surface area (Å²) >= 11 is 0. The van der Waals surface area contributed by atoms with E-state index in [1.54, 1.807) is 6.92 Å². The number of carbonyl (C=O) groups excluding carboxylic acids is 1. The Hall–Kier alpha value is -2.09. The third kappa shape index (κ3) is 4.25. The van der Waals surface area contributed by atoms with Gasteiger partial charge >= 0.3 is 0 Å². The van der Waals surface area contributed by atoms with Crippen LogP contribution in [0.5, 0.6) is 5.75 Å². The van der Waals surface area contributed by atoms with Crippen LogP contribution < -0.4 is 10.1 Å². The summed E-state index contributed by atoms with van der Waals surface area (Å²) in [6.45, 7) is 5.15. The van der Waals surface area contributed by atoms with Gasteiger partial charge in [0.05, 0.1) is 6.07 Å². The van der Waals surface area contributed by atoms with Crippen molar-refractivity contribution in [1.82, 2.24) is 5.32 Å². The molecule has 0 fully saturated rings. The van der Waals surface area contributed by atoms with Crippen molar-refractivity contribution in [3.05, 3.63) is 30.1 Å². The molecule has 1 unspecified atom stereocenters. The summed E-state index contributed by atoms with van der Waals surface area (Å²) in [7, 11) is 0. The van der Waals surface area contributed by atoms with Crippen LogP contribution in [0.1, 0.15) is 20.8 Å². The van der Waals surface area contributed by atoms with Crippen molar-refractivity contribution in [1.29, 1.82) is 5.26 Å². The number of hydrogen-bond acceptors (Lipinski definition) is 3. The van der Waals surface area contributed by atoms with Gasteiger partial charge in [-0.05, 0) is 37.1 Å². The van der Waals surface area contributed by atoms with Gasteiger partial charge in [-0.3, -0.25) is 4.79 Å². The lowest BCUT2D eigenvalue weighted by Gasteiger charge is -2.27. The van der Waals surface area contributed by atoms with Gasteiger partial charge in [0.1, 0.15) is 17.1 Å². The van der Waals surface area contributed by atoms with Crippen LogP contribution >= 0.6 is 0 Å². The van der Waals surface area contributed by atoms with Crippen molar-refractivity contribution in [2.45, 2.75) is 26.3 Å². The first-order chi connectivity index (χ1) is 8.87. The molecule has 0 heterocycles. The van der Waals surface area contributed by atoms with E-state index in [-0.39, 0.29) is 24.2 Å². The summed E-state index contributed by atoms with van der Waals surface area (Å²) in [5.41, 5.74) is -0.927. The summed E-state index contributed by atoms with van der Waals surface area (Å²) in [5, 5.41) is 11.7. The van der Waals surface area contributed by atoms with Gasteiger partial charge in [0, 0.05) is 0 Å². The maximum absolute atomic E-state index is 12.7. The highest BCUT2D eigenvalue weighted by molar-refractivity contribution is 5.78. The lowest BCUT2D eigenvalue weighted by Crippen LogP contribution is -2.50. The smallest absolute Gasteiger partial charge is 0.259 e. The number of nitrogens with one attached hydrogen (secondary N) is 1. The molecule has 4 nitrogen and oxygen atoms in total. The molecule has 0 radical (unpaired) electrons. The zero-order valence-electron chi connectivity index (χ0n) is 11.2. The van der Waals surface area contributed by atoms with E-state index in [4.69, 9.17) is 10.00 Å². The quantitative estimate of drug-likeness (QED) is 0.887. The Balaban J connectivity index is 2.53. The van der Waals surface area contributed by atoms with Crippen LogP contribution in [0.15, 0.2) is 24.3 Å². The van der Waals surface area contributed by atoms with Gasteiger partial charge in [-0.25, -0.2) is 4.39 Å². The molecule has 1 aromatic carbocycles. The molecule has 0 aliphatic rings. The molecule has 102 valence electrons. The van der Waals surface area contributed by atoms with E-state index in [2.05, 4.69) is 11.4 Å². The standard InChI is InChI=1S/C14H17FN2O2/c1-10(2)14(3,9-16)17-13(18)8-19-12-6-4-11(15)5-7-12/h4-7,10H,8H2,1-3H3,(H,17,18).